The number of aryl methyl sites for hydroxylation is 1. The fourth-order valence-electron chi connectivity index (χ4n) is 1.86. The molecular weight excluding hydrogens is 252 g/mol. The highest BCUT2D eigenvalue weighted by Crippen LogP contribution is 2.16. The number of nitrogens with zero attached hydrogens (tertiary/aromatic N) is 1. The van der Waals surface area contributed by atoms with Crippen molar-refractivity contribution in [1.29, 1.82) is 0 Å². The van der Waals surface area contributed by atoms with Crippen LogP contribution in [0.1, 0.15) is 35.1 Å². The van der Waals surface area contributed by atoms with Crippen molar-refractivity contribution in [3.8, 4) is 0 Å². The van der Waals surface area contributed by atoms with Gasteiger partial charge in [0, 0.05) is 23.5 Å². The summed E-state index contributed by atoms with van der Waals surface area (Å²) >= 11 is 5.56. The van der Waals surface area contributed by atoms with Gasteiger partial charge >= 0.3 is 0 Å². The van der Waals surface area contributed by atoms with Crippen LogP contribution in [0.2, 0.25) is 0 Å². The highest BCUT2D eigenvalue weighted by molar-refractivity contribution is 6.30. The minimum Gasteiger partial charge on any atom is -0.355 e. The third-order valence-electron chi connectivity index (χ3n) is 2.87. The van der Waals surface area contributed by atoms with Gasteiger partial charge < -0.3 is 9.88 Å². The number of alkyl halides is 1. The van der Waals surface area contributed by atoms with Crippen molar-refractivity contribution in [3.63, 3.8) is 0 Å². The number of carbonyl (C=O) groups is 2. The van der Waals surface area contributed by atoms with Crippen molar-refractivity contribution in [2.75, 3.05) is 12.4 Å². The number of halogens is 1. The Balaban J connectivity index is 2.86. The molecule has 0 aliphatic carbocycles. The zero-order chi connectivity index (χ0) is 13.7. The van der Waals surface area contributed by atoms with Gasteiger partial charge in [-0.1, -0.05) is 6.92 Å². The normalized spacial score (nSPS) is 10.4. The summed E-state index contributed by atoms with van der Waals surface area (Å²) in [6.07, 6.45) is 0.908. The second-order valence-corrected chi connectivity index (χ2v) is 4.54. The van der Waals surface area contributed by atoms with E-state index in [4.69, 9.17) is 11.6 Å². The minimum atomic E-state index is -0.106. The number of ketones is 1. The summed E-state index contributed by atoms with van der Waals surface area (Å²) in [5.41, 5.74) is 2.29. The average molecular weight is 271 g/mol. The van der Waals surface area contributed by atoms with Crippen LogP contribution in [0.25, 0.3) is 0 Å². The van der Waals surface area contributed by atoms with Gasteiger partial charge in [0.2, 0.25) is 5.91 Å². The second-order valence-electron chi connectivity index (χ2n) is 4.28. The average Bonchev–Trinajstić information content (AvgIpc) is 2.63. The first kappa shape index (κ1) is 14.8. The second kappa shape index (κ2) is 6.59. The van der Waals surface area contributed by atoms with Crippen LogP contribution in [0, 0.1) is 13.8 Å². The van der Waals surface area contributed by atoms with Crippen LogP contribution in [-0.4, -0.2) is 28.7 Å². The van der Waals surface area contributed by atoms with Crippen molar-refractivity contribution in [3.05, 3.63) is 23.0 Å². The monoisotopic (exact) mass is 270 g/mol. The summed E-state index contributed by atoms with van der Waals surface area (Å²) < 4.78 is 1.84. The minimum absolute atomic E-state index is 0.0354. The lowest BCUT2D eigenvalue weighted by Gasteiger charge is -2.09. The molecule has 0 saturated heterocycles. The third kappa shape index (κ3) is 3.35. The number of carbonyl (C=O) groups excluding carboxylic acids is 2. The molecule has 1 heterocycles. The van der Waals surface area contributed by atoms with Crippen molar-refractivity contribution in [1.82, 2.24) is 9.88 Å². The fraction of sp³-hybridized carbons (Fsp3) is 0.538. The molecule has 1 N–H and O–H groups in total. The van der Waals surface area contributed by atoms with Crippen LogP contribution < -0.4 is 5.32 Å². The summed E-state index contributed by atoms with van der Waals surface area (Å²) in [5.74, 6) is -0.180. The Hall–Kier alpha value is -1.29. The van der Waals surface area contributed by atoms with E-state index in [1.807, 2.05) is 25.3 Å². The topological polar surface area (TPSA) is 51.1 Å². The molecule has 0 spiro atoms. The van der Waals surface area contributed by atoms with E-state index in [-0.39, 0.29) is 24.1 Å². The van der Waals surface area contributed by atoms with Crippen molar-refractivity contribution >= 4 is 23.3 Å². The van der Waals surface area contributed by atoms with E-state index in [1.54, 1.807) is 6.07 Å². The van der Waals surface area contributed by atoms with Crippen LogP contribution in [0.4, 0.5) is 0 Å². The predicted octanol–water partition coefficient (Wildman–Crippen LogP) is 2.05. The molecule has 18 heavy (non-hydrogen) atoms. The molecule has 0 radical (unpaired) electrons. The molecule has 1 amide bonds. The molecule has 5 heteroatoms. The smallest absolute Gasteiger partial charge is 0.239 e. The Kier molecular flexibility index (Phi) is 5.41. The van der Waals surface area contributed by atoms with Crippen molar-refractivity contribution in [2.24, 2.45) is 0 Å². The molecule has 0 atom stereocenters. The maximum atomic E-state index is 11.7. The number of hydrogen-bond donors (Lipinski definition) is 1. The standard InChI is InChI=1S/C13H19ClN2O2/c1-4-5-15-13(18)8-16-9(2)6-11(10(16)3)12(17)7-14/h6H,4-5,7-8H2,1-3H3,(H,15,18). The van der Waals surface area contributed by atoms with E-state index in [0.29, 0.717) is 12.1 Å². The van der Waals surface area contributed by atoms with Gasteiger partial charge in [-0.05, 0) is 26.3 Å². The molecule has 0 bridgehead atoms. The molecule has 0 unspecified atom stereocenters. The number of rotatable bonds is 6. The number of Topliss-reactive ketones (excluding diaryl/α,β-unsaturated/α-hetero) is 1. The predicted molar refractivity (Wildman–Crippen MR) is 72.3 cm³/mol. The Morgan fingerprint density at radius 1 is 1.39 bits per heavy atom. The summed E-state index contributed by atoms with van der Waals surface area (Å²) in [7, 11) is 0. The van der Waals surface area contributed by atoms with E-state index in [9.17, 15) is 9.59 Å². The van der Waals surface area contributed by atoms with Gasteiger partial charge in [-0.15, -0.1) is 11.6 Å². The van der Waals surface area contributed by atoms with Gasteiger partial charge in [0.15, 0.2) is 5.78 Å². The van der Waals surface area contributed by atoms with E-state index < -0.39 is 0 Å². The van der Waals surface area contributed by atoms with Crippen molar-refractivity contribution in [2.45, 2.75) is 33.7 Å². The maximum Gasteiger partial charge on any atom is 0.239 e. The van der Waals surface area contributed by atoms with Gasteiger partial charge in [0.05, 0.1) is 5.88 Å². The quantitative estimate of drug-likeness (QED) is 0.635. The first-order chi connectivity index (χ1) is 8.51. The van der Waals surface area contributed by atoms with E-state index in [1.165, 1.54) is 0 Å². The van der Waals surface area contributed by atoms with Crippen LogP contribution in [-0.2, 0) is 11.3 Å². The highest BCUT2D eigenvalue weighted by atomic mass is 35.5. The largest absolute Gasteiger partial charge is 0.355 e. The molecule has 0 saturated carbocycles. The zero-order valence-electron chi connectivity index (χ0n) is 11.0. The number of hydrogen-bond acceptors (Lipinski definition) is 2. The van der Waals surface area contributed by atoms with E-state index in [0.717, 1.165) is 17.8 Å². The molecule has 0 aromatic carbocycles. The van der Waals surface area contributed by atoms with Gasteiger partial charge in [-0.2, -0.15) is 0 Å². The molecule has 1 aromatic rings. The molecule has 1 aromatic heterocycles. The number of amides is 1. The Morgan fingerprint density at radius 2 is 2.06 bits per heavy atom. The molecule has 0 fully saturated rings. The molecule has 4 nitrogen and oxygen atoms in total. The third-order valence-corrected chi connectivity index (χ3v) is 3.11. The van der Waals surface area contributed by atoms with Gasteiger partial charge in [-0.3, -0.25) is 9.59 Å². The first-order valence-electron chi connectivity index (χ1n) is 6.03. The fourth-order valence-corrected chi connectivity index (χ4v) is 2.01. The number of nitrogens with one attached hydrogen (secondary N) is 1. The van der Waals surface area contributed by atoms with E-state index in [2.05, 4.69) is 5.32 Å². The molecule has 0 aliphatic heterocycles. The van der Waals surface area contributed by atoms with Crippen LogP contribution in [0.15, 0.2) is 6.07 Å². The first-order valence-corrected chi connectivity index (χ1v) is 6.57. The lowest BCUT2D eigenvalue weighted by Crippen LogP contribution is -2.28. The Morgan fingerprint density at radius 3 is 2.61 bits per heavy atom. The molecule has 100 valence electrons. The molecule has 0 aliphatic rings. The van der Waals surface area contributed by atoms with Crippen LogP contribution >= 0.6 is 11.6 Å². The lowest BCUT2D eigenvalue weighted by molar-refractivity contribution is -0.121. The van der Waals surface area contributed by atoms with Crippen LogP contribution in [0.3, 0.4) is 0 Å². The van der Waals surface area contributed by atoms with Gasteiger partial charge in [0.25, 0.3) is 0 Å². The summed E-state index contributed by atoms with van der Waals surface area (Å²) in [4.78, 5) is 23.3. The molecule has 1 rings (SSSR count). The van der Waals surface area contributed by atoms with Gasteiger partial charge in [0.1, 0.15) is 6.54 Å². The SMILES string of the molecule is CCCNC(=O)Cn1c(C)cc(C(=O)CCl)c1C. The van der Waals surface area contributed by atoms with Crippen molar-refractivity contribution < 1.29 is 9.59 Å². The maximum absolute atomic E-state index is 11.7. The summed E-state index contributed by atoms with van der Waals surface area (Å²) in [6, 6.07) is 1.78. The summed E-state index contributed by atoms with van der Waals surface area (Å²) in [5, 5.41) is 2.82. The zero-order valence-corrected chi connectivity index (χ0v) is 11.8. The molecular formula is C13H19ClN2O2. The summed E-state index contributed by atoms with van der Waals surface area (Å²) in [6.45, 7) is 6.63. The lowest BCUT2D eigenvalue weighted by atomic mass is 10.2. The number of aromatic nitrogens is 1. The highest BCUT2D eigenvalue weighted by Gasteiger charge is 2.16. The Bertz CT molecular complexity index is 452. The van der Waals surface area contributed by atoms with Gasteiger partial charge in [-0.25, -0.2) is 0 Å². The van der Waals surface area contributed by atoms with E-state index >= 15 is 0 Å². The Labute approximate surface area is 112 Å². The van der Waals surface area contributed by atoms with Crippen LogP contribution in [0.5, 0.6) is 0 Å².